The highest BCUT2D eigenvalue weighted by molar-refractivity contribution is 5.67. The first-order valence-electron chi connectivity index (χ1n) is 7.29. The van der Waals surface area contributed by atoms with E-state index in [9.17, 15) is 4.79 Å². The Labute approximate surface area is 130 Å². The molecule has 4 nitrogen and oxygen atoms in total. The Bertz CT molecular complexity index is 581. The second-order valence-electron chi connectivity index (χ2n) is 5.21. The van der Waals surface area contributed by atoms with E-state index in [4.69, 9.17) is 9.84 Å². The number of rotatable bonds is 8. The fourth-order valence-electron chi connectivity index (χ4n) is 2.33. The third kappa shape index (κ3) is 5.22. The van der Waals surface area contributed by atoms with E-state index in [1.165, 1.54) is 0 Å². The molecule has 0 aliphatic rings. The first kappa shape index (κ1) is 16.0. The van der Waals surface area contributed by atoms with Gasteiger partial charge in [-0.05, 0) is 29.7 Å². The second-order valence-corrected chi connectivity index (χ2v) is 5.21. The molecule has 4 heteroatoms. The molecule has 0 aliphatic carbocycles. The van der Waals surface area contributed by atoms with E-state index in [1.807, 2.05) is 54.6 Å². The number of ether oxygens (including phenoxy) is 1. The lowest BCUT2D eigenvalue weighted by atomic mass is 10.0. The highest BCUT2D eigenvalue weighted by atomic mass is 16.5. The van der Waals surface area contributed by atoms with Gasteiger partial charge in [0.05, 0.1) is 13.5 Å². The van der Waals surface area contributed by atoms with Crippen LogP contribution in [0.3, 0.4) is 0 Å². The van der Waals surface area contributed by atoms with Crippen LogP contribution >= 0.6 is 0 Å². The molecule has 0 saturated carbocycles. The van der Waals surface area contributed by atoms with E-state index in [-0.39, 0.29) is 12.5 Å². The molecule has 1 atom stereocenters. The summed E-state index contributed by atoms with van der Waals surface area (Å²) >= 11 is 0. The average Bonchev–Trinajstić information content (AvgIpc) is 2.53. The normalized spacial score (nSPS) is 11.9. The molecule has 0 aromatic heterocycles. The highest BCUT2D eigenvalue weighted by Gasteiger charge is 2.13. The van der Waals surface area contributed by atoms with Gasteiger partial charge in [-0.3, -0.25) is 4.79 Å². The third-order valence-corrected chi connectivity index (χ3v) is 3.50. The highest BCUT2D eigenvalue weighted by Crippen LogP contribution is 2.12. The fraction of sp³-hybridized carbons (Fsp3) is 0.278. The zero-order chi connectivity index (χ0) is 15.8. The van der Waals surface area contributed by atoms with Gasteiger partial charge in [0, 0.05) is 12.6 Å². The van der Waals surface area contributed by atoms with Gasteiger partial charge in [-0.1, -0.05) is 42.5 Å². The molecule has 2 rings (SSSR count). The van der Waals surface area contributed by atoms with Crippen molar-refractivity contribution in [3.05, 3.63) is 65.7 Å². The Kier molecular flexibility index (Phi) is 5.98. The number of nitrogens with one attached hydrogen (secondary N) is 1. The van der Waals surface area contributed by atoms with Crippen LogP contribution in [0.2, 0.25) is 0 Å². The van der Waals surface area contributed by atoms with E-state index in [2.05, 4.69) is 5.32 Å². The van der Waals surface area contributed by atoms with Gasteiger partial charge in [0.1, 0.15) is 5.75 Å². The minimum absolute atomic E-state index is 0.0954. The monoisotopic (exact) mass is 299 g/mol. The number of carboxylic acids is 1. The van der Waals surface area contributed by atoms with Crippen molar-refractivity contribution in [3.63, 3.8) is 0 Å². The summed E-state index contributed by atoms with van der Waals surface area (Å²) in [4.78, 5) is 11.0. The van der Waals surface area contributed by atoms with Crippen molar-refractivity contribution in [1.82, 2.24) is 5.32 Å². The van der Waals surface area contributed by atoms with Crippen molar-refractivity contribution < 1.29 is 14.6 Å². The first-order chi connectivity index (χ1) is 10.7. The molecule has 2 N–H and O–H groups in total. The van der Waals surface area contributed by atoms with Crippen LogP contribution in [0.5, 0.6) is 5.75 Å². The van der Waals surface area contributed by atoms with Crippen LogP contribution in [0.25, 0.3) is 0 Å². The molecule has 2 aromatic rings. The predicted octanol–water partition coefficient (Wildman–Crippen LogP) is 2.87. The average molecular weight is 299 g/mol. The number of carboxylic acid groups (broad SMARTS) is 1. The minimum Gasteiger partial charge on any atom is -0.497 e. The van der Waals surface area contributed by atoms with Gasteiger partial charge in [0.15, 0.2) is 0 Å². The standard InChI is InChI=1S/C18H21NO3/c1-22-17-9-7-15(8-10-17)13-19-16(12-18(20)21)11-14-5-3-2-4-6-14/h2-10,16,19H,11-13H2,1H3,(H,20,21). The van der Waals surface area contributed by atoms with Crippen LogP contribution in [0.15, 0.2) is 54.6 Å². The van der Waals surface area contributed by atoms with E-state index in [1.54, 1.807) is 7.11 Å². The van der Waals surface area contributed by atoms with E-state index in [0.717, 1.165) is 16.9 Å². The number of methoxy groups -OCH3 is 1. The maximum absolute atomic E-state index is 11.0. The van der Waals surface area contributed by atoms with Crippen LogP contribution in [0, 0.1) is 0 Å². The Morgan fingerprint density at radius 1 is 1.09 bits per heavy atom. The summed E-state index contributed by atoms with van der Waals surface area (Å²) in [7, 11) is 1.63. The maximum atomic E-state index is 11.0. The van der Waals surface area contributed by atoms with Gasteiger partial charge in [0.25, 0.3) is 0 Å². The summed E-state index contributed by atoms with van der Waals surface area (Å²) in [5.74, 6) is 0.0262. The summed E-state index contributed by atoms with van der Waals surface area (Å²) in [6.45, 7) is 0.634. The molecule has 0 fully saturated rings. The summed E-state index contributed by atoms with van der Waals surface area (Å²) in [6, 6.07) is 17.6. The van der Waals surface area contributed by atoms with Crippen LogP contribution in [-0.4, -0.2) is 24.2 Å². The number of hydrogen-bond acceptors (Lipinski definition) is 3. The summed E-state index contributed by atoms with van der Waals surface area (Å²) in [5, 5.41) is 12.4. The Balaban J connectivity index is 1.95. The van der Waals surface area contributed by atoms with Crippen molar-refractivity contribution in [3.8, 4) is 5.75 Å². The zero-order valence-electron chi connectivity index (χ0n) is 12.7. The molecule has 0 bridgehead atoms. The topological polar surface area (TPSA) is 58.6 Å². The SMILES string of the molecule is COc1ccc(CNC(CC(=O)O)Cc2ccccc2)cc1. The summed E-state index contributed by atoms with van der Waals surface area (Å²) in [6.07, 6.45) is 0.800. The van der Waals surface area contributed by atoms with Crippen LogP contribution in [0.1, 0.15) is 17.5 Å². The molecule has 2 aromatic carbocycles. The lowest BCUT2D eigenvalue weighted by Crippen LogP contribution is -2.33. The lowest BCUT2D eigenvalue weighted by molar-refractivity contribution is -0.137. The Morgan fingerprint density at radius 2 is 1.77 bits per heavy atom. The fourth-order valence-corrected chi connectivity index (χ4v) is 2.33. The van der Waals surface area contributed by atoms with Gasteiger partial charge in [-0.25, -0.2) is 0 Å². The van der Waals surface area contributed by atoms with Crippen molar-refractivity contribution >= 4 is 5.97 Å². The predicted molar refractivity (Wildman–Crippen MR) is 86.0 cm³/mol. The van der Waals surface area contributed by atoms with Gasteiger partial charge >= 0.3 is 5.97 Å². The van der Waals surface area contributed by atoms with Crippen LogP contribution in [-0.2, 0) is 17.8 Å². The van der Waals surface area contributed by atoms with Gasteiger partial charge in [-0.2, -0.15) is 0 Å². The van der Waals surface area contributed by atoms with Crippen molar-refractivity contribution in [2.24, 2.45) is 0 Å². The second kappa shape index (κ2) is 8.20. The summed E-state index contributed by atoms with van der Waals surface area (Å²) < 4.78 is 5.13. The maximum Gasteiger partial charge on any atom is 0.304 e. The minimum atomic E-state index is -0.789. The first-order valence-corrected chi connectivity index (χ1v) is 7.29. The molecule has 0 amide bonds. The molecular formula is C18H21NO3. The van der Waals surface area contributed by atoms with Gasteiger partial charge < -0.3 is 15.2 Å². The quantitative estimate of drug-likeness (QED) is 0.787. The van der Waals surface area contributed by atoms with E-state index in [0.29, 0.717) is 13.0 Å². The van der Waals surface area contributed by atoms with Crippen molar-refractivity contribution in [1.29, 1.82) is 0 Å². The van der Waals surface area contributed by atoms with Crippen LogP contribution in [0.4, 0.5) is 0 Å². The summed E-state index contributed by atoms with van der Waals surface area (Å²) in [5.41, 5.74) is 2.24. The molecule has 1 unspecified atom stereocenters. The van der Waals surface area contributed by atoms with Crippen molar-refractivity contribution in [2.75, 3.05) is 7.11 Å². The smallest absolute Gasteiger partial charge is 0.304 e. The molecule has 0 heterocycles. The van der Waals surface area contributed by atoms with E-state index < -0.39 is 5.97 Å². The largest absolute Gasteiger partial charge is 0.497 e. The van der Waals surface area contributed by atoms with Crippen molar-refractivity contribution in [2.45, 2.75) is 25.4 Å². The number of benzene rings is 2. The number of aliphatic carboxylic acids is 1. The molecule has 0 spiro atoms. The molecule has 116 valence electrons. The molecule has 22 heavy (non-hydrogen) atoms. The number of carbonyl (C=O) groups is 1. The zero-order valence-corrected chi connectivity index (χ0v) is 12.7. The molecular weight excluding hydrogens is 278 g/mol. The number of hydrogen-bond donors (Lipinski definition) is 2. The van der Waals surface area contributed by atoms with Crippen LogP contribution < -0.4 is 10.1 Å². The Morgan fingerprint density at radius 3 is 2.36 bits per heavy atom. The lowest BCUT2D eigenvalue weighted by Gasteiger charge is -2.17. The molecule has 0 saturated heterocycles. The van der Waals surface area contributed by atoms with E-state index >= 15 is 0 Å². The Hall–Kier alpha value is -2.33. The van der Waals surface area contributed by atoms with Gasteiger partial charge in [-0.15, -0.1) is 0 Å². The van der Waals surface area contributed by atoms with Gasteiger partial charge in [0.2, 0.25) is 0 Å². The third-order valence-electron chi connectivity index (χ3n) is 3.50. The molecule has 0 aliphatic heterocycles. The molecule has 0 radical (unpaired) electrons.